The van der Waals surface area contributed by atoms with Crippen LogP contribution in [0.3, 0.4) is 0 Å². The SMILES string of the molecule is CC(Br)(C(=O)O)c1cccnc1. The van der Waals surface area contributed by atoms with Gasteiger partial charge in [-0.25, -0.2) is 0 Å². The third kappa shape index (κ3) is 1.64. The number of carbonyl (C=O) groups is 1. The summed E-state index contributed by atoms with van der Waals surface area (Å²) in [6.45, 7) is 1.58. The van der Waals surface area contributed by atoms with Crippen molar-refractivity contribution in [2.45, 2.75) is 11.2 Å². The molecular formula is C8H8BrNO2. The molecule has 0 saturated heterocycles. The molecule has 0 bridgehead atoms. The van der Waals surface area contributed by atoms with E-state index in [1.165, 1.54) is 6.20 Å². The van der Waals surface area contributed by atoms with Gasteiger partial charge < -0.3 is 5.11 Å². The number of halogens is 1. The Balaban J connectivity index is 3.06. The Labute approximate surface area is 78.6 Å². The summed E-state index contributed by atoms with van der Waals surface area (Å²) < 4.78 is -1.04. The summed E-state index contributed by atoms with van der Waals surface area (Å²) in [5, 5.41) is 8.82. The van der Waals surface area contributed by atoms with Gasteiger partial charge in [0.25, 0.3) is 0 Å². The van der Waals surface area contributed by atoms with Crippen molar-refractivity contribution < 1.29 is 9.90 Å². The normalized spacial score (nSPS) is 15.2. The smallest absolute Gasteiger partial charge is 0.324 e. The fourth-order valence-electron chi connectivity index (χ4n) is 0.764. The van der Waals surface area contributed by atoms with Crippen molar-refractivity contribution in [1.82, 2.24) is 4.98 Å². The molecule has 1 unspecified atom stereocenters. The molecule has 1 N–H and O–H groups in total. The fourth-order valence-corrected chi connectivity index (χ4v) is 0.998. The lowest BCUT2D eigenvalue weighted by atomic mass is 10.0. The highest BCUT2D eigenvalue weighted by molar-refractivity contribution is 9.10. The van der Waals surface area contributed by atoms with E-state index in [0.717, 1.165) is 0 Å². The van der Waals surface area contributed by atoms with Gasteiger partial charge in [0.2, 0.25) is 0 Å². The fraction of sp³-hybridized carbons (Fsp3) is 0.250. The van der Waals surface area contributed by atoms with Gasteiger partial charge >= 0.3 is 5.97 Å². The first kappa shape index (κ1) is 9.19. The minimum atomic E-state index is -1.04. The van der Waals surface area contributed by atoms with Gasteiger partial charge in [0.15, 0.2) is 0 Å². The van der Waals surface area contributed by atoms with E-state index in [9.17, 15) is 4.79 Å². The number of aliphatic carboxylic acids is 1. The molecule has 1 aromatic heterocycles. The maximum atomic E-state index is 10.7. The second-order valence-corrected chi connectivity index (χ2v) is 4.14. The lowest BCUT2D eigenvalue weighted by Crippen LogP contribution is -2.24. The standard InChI is InChI=1S/C8H8BrNO2/c1-8(9,7(11)12)6-3-2-4-10-5-6/h2-5H,1H3,(H,11,12). The van der Waals surface area contributed by atoms with Gasteiger partial charge in [0.1, 0.15) is 4.32 Å². The van der Waals surface area contributed by atoms with Crippen LogP contribution < -0.4 is 0 Å². The van der Waals surface area contributed by atoms with E-state index in [4.69, 9.17) is 5.11 Å². The van der Waals surface area contributed by atoms with Crippen LogP contribution >= 0.6 is 15.9 Å². The van der Waals surface area contributed by atoms with Gasteiger partial charge in [-0.1, -0.05) is 22.0 Å². The Morgan fingerprint density at radius 2 is 2.42 bits per heavy atom. The maximum Gasteiger partial charge on any atom is 0.324 e. The summed E-state index contributed by atoms with van der Waals surface area (Å²) in [6.07, 6.45) is 3.14. The van der Waals surface area contributed by atoms with Gasteiger partial charge in [-0.15, -0.1) is 0 Å². The number of rotatable bonds is 2. The second kappa shape index (κ2) is 3.23. The van der Waals surface area contributed by atoms with Gasteiger partial charge in [-0.05, 0) is 18.6 Å². The van der Waals surface area contributed by atoms with Gasteiger partial charge in [-0.3, -0.25) is 9.78 Å². The molecule has 0 fully saturated rings. The molecular weight excluding hydrogens is 222 g/mol. The van der Waals surface area contributed by atoms with Crippen molar-refractivity contribution in [2.24, 2.45) is 0 Å². The van der Waals surface area contributed by atoms with Crippen molar-refractivity contribution >= 4 is 21.9 Å². The summed E-state index contributed by atoms with van der Waals surface area (Å²) in [6, 6.07) is 3.42. The monoisotopic (exact) mass is 229 g/mol. The first-order valence-electron chi connectivity index (χ1n) is 3.38. The average Bonchev–Trinajstić information content (AvgIpc) is 2.06. The number of aromatic nitrogens is 1. The van der Waals surface area contributed by atoms with Crippen LogP contribution in [0.5, 0.6) is 0 Å². The largest absolute Gasteiger partial charge is 0.480 e. The highest BCUT2D eigenvalue weighted by atomic mass is 79.9. The minimum absolute atomic E-state index is 0.637. The third-order valence-electron chi connectivity index (χ3n) is 1.61. The number of pyridine rings is 1. The van der Waals surface area contributed by atoms with Crippen LogP contribution in [0.15, 0.2) is 24.5 Å². The molecule has 0 radical (unpaired) electrons. The zero-order chi connectivity index (χ0) is 9.19. The molecule has 64 valence electrons. The Bertz CT molecular complexity index is 284. The summed E-state index contributed by atoms with van der Waals surface area (Å²) >= 11 is 3.11. The summed E-state index contributed by atoms with van der Waals surface area (Å²) in [4.78, 5) is 14.6. The molecule has 0 aliphatic heterocycles. The first-order valence-corrected chi connectivity index (χ1v) is 4.17. The topological polar surface area (TPSA) is 50.2 Å². The van der Waals surface area contributed by atoms with Crippen LogP contribution in [0.25, 0.3) is 0 Å². The minimum Gasteiger partial charge on any atom is -0.480 e. The van der Waals surface area contributed by atoms with E-state index >= 15 is 0 Å². The molecule has 0 saturated carbocycles. The number of hydrogen-bond donors (Lipinski definition) is 1. The van der Waals surface area contributed by atoms with Crippen LogP contribution in [0.4, 0.5) is 0 Å². The van der Waals surface area contributed by atoms with Crippen molar-refractivity contribution in [3.63, 3.8) is 0 Å². The number of carboxylic acid groups (broad SMARTS) is 1. The predicted molar refractivity (Wildman–Crippen MR) is 48.2 cm³/mol. The van der Waals surface area contributed by atoms with Crippen molar-refractivity contribution in [2.75, 3.05) is 0 Å². The molecule has 0 aliphatic rings. The van der Waals surface area contributed by atoms with E-state index in [1.807, 2.05) is 0 Å². The third-order valence-corrected chi connectivity index (χ3v) is 2.40. The van der Waals surface area contributed by atoms with E-state index in [2.05, 4.69) is 20.9 Å². The summed E-state index contributed by atoms with van der Waals surface area (Å²) in [7, 11) is 0. The number of alkyl halides is 1. The molecule has 1 heterocycles. The number of nitrogens with zero attached hydrogens (tertiary/aromatic N) is 1. The van der Waals surface area contributed by atoms with Gasteiger partial charge in [0, 0.05) is 12.4 Å². The van der Waals surface area contributed by atoms with Gasteiger partial charge in [0.05, 0.1) is 0 Å². The Morgan fingerprint density at radius 1 is 1.75 bits per heavy atom. The lowest BCUT2D eigenvalue weighted by molar-refractivity contribution is -0.139. The molecule has 0 aliphatic carbocycles. The average molecular weight is 230 g/mol. The van der Waals surface area contributed by atoms with E-state index in [1.54, 1.807) is 25.3 Å². The van der Waals surface area contributed by atoms with Crippen LogP contribution in [-0.4, -0.2) is 16.1 Å². The number of carboxylic acids is 1. The highest BCUT2D eigenvalue weighted by Crippen LogP contribution is 2.29. The molecule has 1 atom stereocenters. The molecule has 4 heteroatoms. The summed E-state index contributed by atoms with van der Waals surface area (Å²) in [5.74, 6) is -0.921. The molecule has 3 nitrogen and oxygen atoms in total. The Morgan fingerprint density at radius 3 is 2.83 bits per heavy atom. The second-order valence-electron chi connectivity index (χ2n) is 2.55. The Hall–Kier alpha value is -0.900. The van der Waals surface area contributed by atoms with Crippen LogP contribution in [0.1, 0.15) is 12.5 Å². The highest BCUT2D eigenvalue weighted by Gasteiger charge is 2.31. The zero-order valence-corrected chi connectivity index (χ0v) is 8.08. The van der Waals surface area contributed by atoms with Crippen LogP contribution in [0.2, 0.25) is 0 Å². The summed E-state index contributed by atoms with van der Waals surface area (Å²) in [5.41, 5.74) is 0.637. The first-order chi connectivity index (χ1) is 5.55. The molecule has 0 spiro atoms. The zero-order valence-electron chi connectivity index (χ0n) is 6.49. The molecule has 1 aromatic rings. The van der Waals surface area contributed by atoms with Crippen molar-refractivity contribution in [1.29, 1.82) is 0 Å². The molecule has 0 aromatic carbocycles. The number of hydrogen-bond acceptors (Lipinski definition) is 2. The maximum absolute atomic E-state index is 10.7. The Kier molecular flexibility index (Phi) is 2.47. The predicted octanol–water partition coefficient (Wildman–Crippen LogP) is 1.78. The molecule has 0 amide bonds. The molecule has 1 rings (SSSR count). The van der Waals surface area contributed by atoms with Crippen LogP contribution in [0, 0.1) is 0 Å². The van der Waals surface area contributed by atoms with E-state index in [-0.39, 0.29) is 0 Å². The van der Waals surface area contributed by atoms with Crippen LogP contribution in [-0.2, 0) is 9.12 Å². The van der Waals surface area contributed by atoms with E-state index < -0.39 is 10.3 Å². The quantitative estimate of drug-likeness (QED) is 0.787. The van der Waals surface area contributed by atoms with Crippen molar-refractivity contribution in [3.8, 4) is 0 Å². The molecule has 12 heavy (non-hydrogen) atoms. The van der Waals surface area contributed by atoms with E-state index in [0.29, 0.717) is 5.56 Å². The van der Waals surface area contributed by atoms with Crippen molar-refractivity contribution in [3.05, 3.63) is 30.1 Å². The lowest BCUT2D eigenvalue weighted by Gasteiger charge is -2.16. The van der Waals surface area contributed by atoms with Gasteiger partial charge in [-0.2, -0.15) is 0 Å².